The minimum atomic E-state index is 0.139. The fourth-order valence-corrected chi connectivity index (χ4v) is 5.40. The van der Waals surface area contributed by atoms with Crippen LogP contribution in [0.15, 0.2) is 61.2 Å². The Morgan fingerprint density at radius 3 is 2.58 bits per heavy atom. The zero-order valence-corrected chi connectivity index (χ0v) is 21.2. The summed E-state index contributed by atoms with van der Waals surface area (Å²) in [6.07, 6.45) is 12.8. The first-order valence-corrected chi connectivity index (χ1v) is 13.1. The molecule has 0 aliphatic heterocycles. The van der Waals surface area contributed by atoms with Crippen LogP contribution in [0.3, 0.4) is 0 Å². The second kappa shape index (κ2) is 12.4. The van der Waals surface area contributed by atoms with Crippen LogP contribution < -0.4 is 10.5 Å². The fraction of sp³-hybridized carbons (Fsp3) is 0.548. The summed E-state index contributed by atoms with van der Waals surface area (Å²) in [5.74, 6) is 2.07. The normalized spacial score (nSPS) is 21.0. The van der Waals surface area contributed by atoms with Gasteiger partial charge in [-0.1, -0.05) is 95.0 Å². The predicted molar refractivity (Wildman–Crippen MR) is 142 cm³/mol. The van der Waals surface area contributed by atoms with Gasteiger partial charge in [0.05, 0.1) is 0 Å². The van der Waals surface area contributed by atoms with Crippen LogP contribution in [0.4, 0.5) is 0 Å². The summed E-state index contributed by atoms with van der Waals surface area (Å²) >= 11 is 0. The summed E-state index contributed by atoms with van der Waals surface area (Å²) in [4.78, 5) is 0. The van der Waals surface area contributed by atoms with E-state index in [9.17, 15) is 0 Å². The molecular formula is C31H45NO. The standard InChI is InChI=1S/C31H45NO/c1-5-7-8-12-20-31(3,4)26-17-19-28(29-22-27(32)18-16-25(29)13-6-2)30(21-26)33-23-24-14-10-9-11-15-24/h6,9-11,14-15,17,19,21,25,27,29H,2,5,7-8,12-13,16,18,20,22-23,32H2,1,3-4H3/t25-,27-,29-/m1/s1. The van der Waals surface area contributed by atoms with Crippen molar-refractivity contribution in [3.05, 3.63) is 77.9 Å². The maximum absolute atomic E-state index is 6.55. The highest BCUT2D eigenvalue weighted by Gasteiger charge is 2.32. The molecule has 2 aromatic rings. The first-order chi connectivity index (χ1) is 15.9. The highest BCUT2D eigenvalue weighted by Crippen LogP contribution is 2.44. The molecule has 3 atom stereocenters. The van der Waals surface area contributed by atoms with E-state index in [-0.39, 0.29) is 11.5 Å². The summed E-state index contributed by atoms with van der Waals surface area (Å²) < 4.78 is 6.55. The van der Waals surface area contributed by atoms with Gasteiger partial charge in [-0.3, -0.25) is 0 Å². The predicted octanol–water partition coefficient (Wildman–Crippen LogP) is 8.30. The quantitative estimate of drug-likeness (QED) is 0.262. The Labute approximate surface area is 202 Å². The van der Waals surface area contributed by atoms with Gasteiger partial charge in [-0.05, 0) is 72.1 Å². The number of nitrogens with two attached hydrogens (primary N) is 1. The maximum Gasteiger partial charge on any atom is 0.123 e. The first kappa shape index (κ1) is 25.6. The van der Waals surface area contributed by atoms with Gasteiger partial charge in [-0.15, -0.1) is 6.58 Å². The van der Waals surface area contributed by atoms with E-state index in [0.29, 0.717) is 18.4 Å². The molecule has 0 radical (unpaired) electrons. The highest BCUT2D eigenvalue weighted by molar-refractivity contribution is 5.43. The molecule has 1 saturated carbocycles. The van der Waals surface area contributed by atoms with Crippen LogP contribution in [-0.4, -0.2) is 6.04 Å². The smallest absolute Gasteiger partial charge is 0.123 e. The summed E-state index contributed by atoms with van der Waals surface area (Å²) in [7, 11) is 0. The number of ether oxygens (including phenoxy) is 1. The average molecular weight is 448 g/mol. The first-order valence-electron chi connectivity index (χ1n) is 13.1. The number of benzene rings is 2. The Bertz CT molecular complexity index is 856. The Balaban J connectivity index is 1.89. The maximum atomic E-state index is 6.55. The van der Waals surface area contributed by atoms with E-state index in [0.717, 1.165) is 25.0 Å². The number of allylic oxidation sites excluding steroid dienone is 1. The molecule has 3 rings (SSSR count). The lowest BCUT2D eigenvalue weighted by Crippen LogP contribution is -2.32. The zero-order chi connectivity index (χ0) is 23.7. The van der Waals surface area contributed by atoms with E-state index < -0.39 is 0 Å². The SMILES string of the molecule is C=CC[C@@H]1CC[C@@H](N)C[C@H]1c1ccc(C(C)(C)CCCCCC)cc1OCc1ccccc1. The van der Waals surface area contributed by atoms with Gasteiger partial charge < -0.3 is 10.5 Å². The van der Waals surface area contributed by atoms with Crippen molar-refractivity contribution in [2.24, 2.45) is 11.7 Å². The minimum absolute atomic E-state index is 0.139. The van der Waals surface area contributed by atoms with Crippen LogP contribution in [0.25, 0.3) is 0 Å². The molecule has 0 spiro atoms. The number of rotatable bonds is 12. The molecule has 0 heterocycles. The van der Waals surface area contributed by atoms with Crippen molar-refractivity contribution in [2.45, 2.75) is 103 Å². The van der Waals surface area contributed by atoms with Crippen molar-refractivity contribution in [3.63, 3.8) is 0 Å². The van der Waals surface area contributed by atoms with Gasteiger partial charge in [0.1, 0.15) is 12.4 Å². The Morgan fingerprint density at radius 1 is 1.06 bits per heavy atom. The third kappa shape index (κ3) is 7.21. The summed E-state index contributed by atoms with van der Waals surface area (Å²) in [5.41, 5.74) is 10.5. The molecular weight excluding hydrogens is 402 g/mol. The third-order valence-corrected chi connectivity index (χ3v) is 7.59. The van der Waals surface area contributed by atoms with Gasteiger partial charge in [0.2, 0.25) is 0 Å². The number of hydrogen-bond donors (Lipinski definition) is 1. The van der Waals surface area contributed by atoms with Gasteiger partial charge >= 0.3 is 0 Å². The monoisotopic (exact) mass is 447 g/mol. The molecule has 180 valence electrons. The molecule has 1 aliphatic rings. The lowest BCUT2D eigenvalue weighted by molar-refractivity contribution is 0.261. The Kier molecular flexibility index (Phi) is 9.62. The Morgan fingerprint density at radius 2 is 1.85 bits per heavy atom. The van der Waals surface area contributed by atoms with E-state index in [1.54, 1.807) is 0 Å². The van der Waals surface area contributed by atoms with Crippen LogP contribution in [0, 0.1) is 5.92 Å². The van der Waals surface area contributed by atoms with Crippen LogP contribution in [0.1, 0.15) is 101 Å². The molecule has 33 heavy (non-hydrogen) atoms. The number of unbranched alkanes of at least 4 members (excludes halogenated alkanes) is 3. The van der Waals surface area contributed by atoms with Crippen molar-refractivity contribution in [1.82, 2.24) is 0 Å². The molecule has 2 nitrogen and oxygen atoms in total. The topological polar surface area (TPSA) is 35.2 Å². The number of hydrogen-bond acceptors (Lipinski definition) is 2. The van der Waals surface area contributed by atoms with Crippen LogP contribution >= 0.6 is 0 Å². The van der Waals surface area contributed by atoms with Crippen molar-refractivity contribution in [1.29, 1.82) is 0 Å². The highest BCUT2D eigenvalue weighted by atomic mass is 16.5. The second-order valence-electron chi connectivity index (χ2n) is 10.7. The van der Waals surface area contributed by atoms with Gasteiger partial charge in [0.15, 0.2) is 0 Å². The molecule has 2 N–H and O–H groups in total. The van der Waals surface area contributed by atoms with Gasteiger partial charge in [0, 0.05) is 6.04 Å². The van der Waals surface area contributed by atoms with Crippen molar-refractivity contribution in [2.75, 3.05) is 0 Å². The molecule has 0 aromatic heterocycles. The molecule has 1 aliphatic carbocycles. The molecule has 2 aromatic carbocycles. The summed E-state index contributed by atoms with van der Waals surface area (Å²) in [5, 5.41) is 0. The zero-order valence-electron chi connectivity index (χ0n) is 21.2. The third-order valence-electron chi connectivity index (χ3n) is 7.59. The average Bonchev–Trinajstić information content (AvgIpc) is 2.82. The van der Waals surface area contributed by atoms with Crippen molar-refractivity contribution in [3.8, 4) is 5.75 Å². The van der Waals surface area contributed by atoms with Crippen molar-refractivity contribution < 1.29 is 4.74 Å². The molecule has 1 fully saturated rings. The minimum Gasteiger partial charge on any atom is -0.489 e. The van der Waals surface area contributed by atoms with Crippen LogP contribution in [-0.2, 0) is 12.0 Å². The molecule has 0 unspecified atom stereocenters. The molecule has 0 amide bonds. The fourth-order valence-electron chi connectivity index (χ4n) is 5.40. The molecule has 2 heteroatoms. The second-order valence-corrected chi connectivity index (χ2v) is 10.7. The van der Waals surface area contributed by atoms with Crippen LogP contribution in [0.5, 0.6) is 5.75 Å². The lowest BCUT2D eigenvalue weighted by Gasteiger charge is -2.36. The van der Waals surface area contributed by atoms with E-state index in [2.05, 4.69) is 82.0 Å². The van der Waals surface area contributed by atoms with Crippen molar-refractivity contribution >= 4 is 0 Å². The van der Waals surface area contributed by atoms with E-state index >= 15 is 0 Å². The van der Waals surface area contributed by atoms with Gasteiger partial charge in [-0.2, -0.15) is 0 Å². The van der Waals surface area contributed by atoms with Gasteiger partial charge in [0.25, 0.3) is 0 Å². The van der Waals surface area contributed by atoms with Gasteiger partial charge in [-0.25, -0.2) is 0 Å². The summed E-state index contributed by atoms with van der Waals surface area (Å²) in [6, 6.07) is 17.8. The van der Waals surface area contributed by atoms with Crippen LogP contribution in [0.2, 0.25) is 0 Å². The largest absolute Gasteiger partial charge is 0.489 e. The summed E-state index contributed by atoms with van der Waals surface area (Å²) in [6.45, 7) is 11.7. The van der Waals surface area contributed by atoms with E-state index in [1.807, 2.05) is 0 Å². The Hall–Kier alpha value is -2.06. The molecule has 0 saturated heterocycles. The van der Waals surface area contributed by atoms with E-state index in [1.165, 1.54) is 55.2 Å². The van der Waals surface area contributed by atoms with E-state index in [4.69, 9.17) is 10.5 Å². The molecule has 0 bridgehead atoms. The lowest BCUT2D eigenvalue weighted by atomic mass is 9.71.